The molecule has 0 aromatic heterocycles. The van der Waals surface area contributed by atoms with Gasteiger partial charge in [0.15, 0.2) is 0 Å². The van der Waals surface area contributed by atoms with Gasteiger partial charge < -0.3 is 10.8 Å². The zero-order valence-corrected chi connectivity index (χ0v) is 6.30. The summed E-state index contributed by atoms with van der Waals surface area (Å²) < 4.78 is 0. The lowest BCUT2D eigenvalue weighted by molar-refractivity contribution is 0.150. The quantitative estimate of drug-likeness (QED) is 0.595. The van der Waals surface area contributed by atoms with E-state index in [9.17, 15) is 0 Å². The topological polar surface area (TPSA) is 46.2 Å². The van der Waals surface area contributed by atoms with Crippen molar-refractivity contribution in [2.24, 2.45) is 5.73 Å². The third-order valence-corrected chi connectivity index (χ3v) is 1.57. The van der Waals surface area contributed by atoms with Gasteiger partial charge in [-0.1, -0.05) is 13.8 Å². The minimum Gasteiger partial charge on any atom is -0.393 e. The second-order valence-electron chi connectivity index (χ2n) is 2.47. The van der Waals surface area contributed by atoms with E-state index in [1.165, 1.54) is 0 Å². The fraction of sp³-hybridized carbons (Fsp3) is 1.00. The monoisotopic (exact) mass is 131 g/mol. The van der Waals surface area contributed by atoms with Crippen LogP contribution < -0.4 is 5.73 Å². The van der Waals surface area contributed by atoms with E-state index in [-0.39, 0.29) is 12.1 Å². The van der Waals surface area contributed by atoms with Gasteiger partial charge in [0, 0.05) is 6.04 Å². The summed E-state index contributed by atoms with van der Waals surface area (Å²) in [6.45, 7) is 4.00. The lowest BCUT2D eigenvalue weighted by Gasteiger charge is -2.12. The molecule has 0 aromatic carbocycles. The van der Waals surface area contributed by atoms with E-state index < -0.39 is 0 Å². The van der Waals surface area contributed by atoms with Crippen LogP contribution in [0, 0.1) is 0 Å². The molecule has 2 nitrogen and oxygen atoms in total. The normalized spacial score (nSPS) is 17.3. The third-order valence-electron chi connectivity index (χ3n) is 1.57. The Morgan fingerprint density at radius 2 is 1.89 bits per heavy atom. The van der Waals surface area contributed by atoms with Gasteiger partial charge in [0.2, 0.25) is 0 Å². The summed E-state index contributed by atoms with van der Waals surface area (Å²) in [5.74, 6) is 0. The largest absolute Gasteiger partial charge is 0.393 e. The number of aliphatic hydroxyl groups excluding tert-OH is 1. The van der Waals surface area contributed by atoms with Crippen molar-refractivity contribution in [1.29, 1.82) is 0 Å². The van der Waals surface area contributed by atoms with Crippen molar-refractivity contribution in [2.45, 2.75) is 45.3 Å². The highest BCUT2D eigenvalue weighted by Crippen LogP contribution is 2.01. The van der Waals surface area contributed by atoms with Crippen LogP contribution in [0.3, 0.4) is 0 Å². The van der Waals surface area contributed by atoms with Crippen LogP contribution in [0.1, 0.15) is 33.1 Å². The van der Waals surface area contributed by atoms with Crippen molar-refractivity contribution in [2.75, 3.05) is 0 Å². The standard InChI is InChI=1S/C7H17NO/c1-3-6(8)5-7(9)4-2/h6-7,9H,3-5,8H2,1-2H3/t6?,7-/m1/s1. The van der Waals surface area contributed by atoms with Gasteiger partial charge in [-0.15, -0.1) is 0 Å². The molecule has 0 heterocycles. The molecule has 1 unspecified atom stereocenters. The second kappa shape index (κ2) is 4.77. The summed E-state index contributed by atoms with van der Waals surface area (Å²) in [6.07, 6.45) is 2.32. The Hall–Kier alpha value is -0.0800. The van der Waals surface area contributed by atoms with Crippen molar-refractivity contribution >= 4 is 0 Å². The molecule has 0 aliphatic heterocycles. The summed E-state index contributed by atoms with van der Waals surface area (Å²) >= 11 is 0. The summed E-state index contributed by atoms with van der Waals surface area (Å²) in [6, 6.07) is 0.181. The third kappa shape index (κ3) is 4.43. The van der Waals surface area contributed by atoms with E-state index in [0.717, 1.165) is 19.3 Å². The first kappa shape index (κ1) is 8.92. The summed E-state index contributed by atoms with van der Waals surface area (Å²) in [4.78, 5) is 0. The van der Waals surface area contributed by atoms with Crippen molar-refractivity contribution in [3.05, 3.63) is 0 Å². The van der Waals surface area contributed by atoms with Crippen LogP contribution in [0.25, 0.3) is 0 Å². The van der Waals surface area contributed by atoms with E-state index in [2.05, 4.69) is 0 Å². The molecule has 3 N–H and O–H groups in total. The Labute approximate surface area is 57.1 Å². The first-order valence-electron chi connectivity index (χ1n) is 3.64. The highest BCUT2D eigenvalue weighted by Gasteiger charge is 2.05. The van der Waals surface area contributed by atoms with E-state index in [1.807, 2.05) is 13.8 Å². The van der Waals surface area contributed by atoms with Crippen LogP contribution in [0.15, 0.2) is 0 Å². The fourth-order valence-corrected chi connectivity index (χ4v) is 0.683. The van der Waals surface area contributed by atoms with E-state index in [0.29, 0.717) is 0 Å². The maximum absolute atomic E-state index is 9.08. The maximum Gasteiger partial charge on any atom is 0.0552 e. The summed E-state index contributed by atoms with van der Waals surface area (Å²) in [5.41, 5.74) is 5.59. The Kier molecular flexibility index (Phi) is 4.72. The van der Waals surface area contributed by atoms with Crippen LogP contribution in [-0.2, 0) is 0 Å². The van der Waals surface area contributed by atoms with Crippen LogP contribution in [0.4, 0.5) is 0 Å². The fourth-order valence-electron chi connectivity index (χ4n) is 0.683. The van der Waals surface area contributed by atoms with Gasteiger partial charge in [-0.2, -0.15) is 0 Å². The Balaban J connectivity index is 3.22. The summed E-state index contributed by atoms with van der Waals surface area (Å²) in [7, 11) is 0. The Bertz CT molecular complexity index is 57.9. The predicted molar refractivity (Wildman–Crippen MR) is 39.2 cm³/mol. The highest BCUT2D eigenvalue weighted by molar-refractivity contribution is 4.63. The van der Waals surface area contributed by atoms with Crippen molar-refractivity contribution in [3.8, 4) is 0 Å². The van der Waals surface area contributed by atoms with E-state index >= 15 is 0 Å². The lowest BCUT2D eigenvalue weighted by Crippen LogP contribution is -2.24. The molecular formula is C7H17NO. The predicted octanol–water partition coefficient (Wildman–Crippen LogP) is 0.885. The van der Waals surface area contributed by atoms with Crippen LogP contribution in [-0.4, -0.2) is 17.3 Å². The zero-order valence-electron chi connectivity index (χ0n) is 6.30. The smallest absolute Gasteiger partial charge is 0.0552 e. The lowest BCUT2D eigenvalue weighted by atomic mass is 10.1. The van der Waals surface area contributed by atoms with Gasteiger partial charge in [0.1, 0.15) is 0 Å². The molecule has 0 aromatic rings. The first-order chi connectivity index (χ1) is 4.20. The average molecular weight is 131 g/mol. The van der Waals surface area contributed by atoms with Gasteiger partial charge in [-0.3, -0.25) is 0 Å². The van der Waals surface area contributed by atoms with Gasteiger partial charge >= 0.3 is 0 Å². The number of rotatable bonds is 4. The molecule has 2 heteroatoms. The Morgan fingerprint density at radius 1 is 1.33 bits per heavy atom. The number of aliphatic hydroxyl groups is 1. The molecule has 56 valence electrons. The van der Waals surface area contributed by atoms with E-state index in [4.69, 9.17) is 10.8 Å². The number of hydrogen-bond donors (Lipinski definition) is 2. The SMILES string of the molecule is CCC(N)C[C@H](O)CC. The molecule has 0 aliphatic rings. The molecule has 0 radical (unpaired) electrons. The molecule has 2 atom stereocenters. The molecule has 0 bridgehead atoms. The highest BCUT2D eigenvalue weighted by atomic mass is 16.3. The summed E-state index contributed by atoms with van der Waals surface area (Å²) in [5, 5.41) is 9.08. The maximum atomic E-state index is 9.08. The van der Waals surface area contributed by atoms with Crippen molar-refractivity contribution in [3.63, 3.8) is 0 Å². The van der Waals surface area contributed by atoms with Gasteiger partial charge in [0.25, 0.3) is 0 Å². The average Bonchev–Trinajstić information content (AvgIpc) is 1.87. The number of hydrogen-bond acceptors (Lipinski definition) is 2. The molecule has 9 heavy (non-hydrogen) atoms. The van der Waals surface area contributed by atoms with E-state index in [1.54, 1.807) is 0 Å². The molecular weight excluding hydrogens is 114 g/mol. The molecule has 0 aliphatic carbocycles. The molecule has 0 saturated carbocycles. The molecule has 0 amide bonds. The molecule has 0 rings (SSSR count). The first-order valence-corrected chi connectivity index (χ1v) is 3.64. The minimum atomic E-state index is -0.194. The molecule has 0 saturated heterocycles. The van der Waals surface area contributed by atoms with Crippen molar-refractivity contribution < 1.29 is 5.11 Å². The zero-order chi connectivity index (χ0) is 7.28. The molecule has 0 fully saturated rings. The second-order valence-corrected chi connectivity index (χ2v) is 2.47. The van der Waals surface area contributed by atoms with Gasteiger partial charge in [-0.25, -0.2) is 0 Å². The Morgan fingerprint density at radius 3 is 2.22 bits per heavy atom. The van der Waals surface area contributed by atoms with Gasteiger partial charge in [0.05, 0.1) is 6.10 Å². The minimum absolute atomic E-state index is 0.181. The van der Waals surface area contributed by atoms with Gasteiger partial charge in [-0.05, 0) is 19.3 Å². The van der Waals surface area contributed by atoms with Crippen LogP contribution >= 0.6 is 0 Å². The number of nitrogens with two attached hydrogens (primary N) is 1. The van der Waals surface area contributed by atoms with Crippen molar-refractivity contribution in [1.82, 2.24) is 0 Å². The molecule has 0 spiro atoms. The van der Waals surface area contributed by atoms with Crippen LogP contribution in [0.5, 0.6) is 0 Å². The van der Waals surface area contributed by atoms with Crippen LogP contribution in [0.2, 0.25) is 0 Å².